The van der Waals surface area contributed by atoms with Crippen molar-refractivity contribution in [3.05, 3.63) is 11.9 Å². The van der Waals surface area contributed by atoms with E-state index >= 15 is 0 Å². The third-order valence-corrected chi connectivity index (χ3v) is 3.15. The molecule has 0 radical (unpaired) electrons. The Hall–Kier alpha value is -0.830. The highest BCUT2D eigenvalue weighted by atomic mass is 15.4. The molecule has 0 rings (SSSR count). The Morgan fingerprint density at radius 1 is 1.06 bits per heavy atom. The lowest BCUT2D eigenvalue weighted by atomic mass is 10.1. The molecule has 3 nitrogen and oxygen atoms in total. The summed E-state index contributed by atoms with van der Waals surface area (Å²) in [4.78, 5) is 3.87. The minimum atomic E-state index is 0.921. The maximum Gasteiger partial charge on any atom is 0.0473 e. The normalized spacial score (nSPS) is 11.6. The van der Waals surface area contributed by atoms with E-state index in [2.05, 4.69) is 25.6 Å². The zero-order chi connectivity index (χ0) is 13.6. The van der Waals surface area contributed by atoms with Crippen LogP contribution in [0.2, 0.25) is 0 Å². The first-order valence-electron chi connectivity index (χ1n) is 7.43. The van der Waals surface area contributed by atoms with Crippen LogP contribution in [0.1, 0.15) is 71.6 Å². The van der Waals surface area contributed by atoms with E-state index in [1.807, 2.05) is 11.2 Å². The largest absolute Gasteiger partial charge is 0.314 e. The predicted octanol–water partition coefficient (Wildman–Crippen LogP) is 4.25. The first-order chi connectivity index (χ1) is 8.76. The zero-order valence-corrected chi connectivity index (χ0v) is 12.3. The van der Waals surface area contributed by atoms with E-state index in [1.54, 1.807) is 0 Å². The van der Waals surface area contributed by atoms with Gasteiger partial charge in [0.15, 0.2) is 0 Å². The number of rotatable bonds is 12. The van der Waals surface area contributed by atoms with Crippen LogP contribution < -0.4 is 5.84 Å². The second-order valence-electron chi connectivity index (χ2n) is 4.87. The summed E-state index contributed by atoms with van der Waals surface area (Å²) in [6.07, 6.45) is 12.9. The maximum atomic E-state index is 6.06. The second-order valence-corrected chi connectivity index (χ2v) is 4.87. The Labute approximate surface area is 113 Å². The number of hydrazine groups is 1. The van der Waals surface area contributed by atoms with Crippen LogP contribution in [0.25, 0.3) is 0 Å². The third-order valence-electron chi connectivity index (χ3n) is 3.15. The molecular formula is C15H31N3. The molecule has 0 aliphatic rings. The van der Waals surface area contributed by atoms with Gasteiger partial charge in [0, 0.05) is 18.4 Å². The van der Waals surface area contributed by atoms with Crippen molar-refractivity contribution in [2.75, 3.05) is 6.54 Å². The number of nitrogens with zero attached hydrogens (tertiary/aromatic N) is 2. The van der Waals surface area contributed by atoms with Crippen LogP contribution in [0.5, 0.6) is 0 Å². The highest BCUT2D eigenvalue weighted by Gasteiger charge is 2.04. The summed E-state index contributed by atoms with van der Waals surface area (Å²) >= 11 is 0. The first-order valence-corrected chi connectivity index (χ1v) is 7.43. The van der Waals surface area contributed by atoms with Gasteiger partial charge in [0.25, 0.3) is 0 Å². The van der Waals surface area contributed by atoms with Crippen LogP contribution in [0, 0.1) is 0 Å². The number of aliphatic imine (C=N–C) groups is 1. The molecule has 3 heteroatoms. The molecule has 18 heavy (non-hydrogen) atoms. The molecule has 0 aromatic carbocycles. The van der Waals surface area contributed by atoms with Crippen molar-refractivity contribution in [2.24, 2.45) is 10.8 Å². The molecule has 2 N–H and O–H groups in total. The quantitative estimate of drug-likeness (QED) is 0.244. The summed E-state index contributed by atoms with van der Waals surface area (Å²) in [7, 11) is 0. The average molecular weight is 253 g/mol. The van der Waals surface area contributed by atoms with E-state index in [0.29, 0.717) is 0 Å². The van der Waals surface area contributed by atoms with E-state index in [-0.39, 0.29) is 0 Å². The fourth-order valence-corrected chi connectivity index (χ4v) is 1.97. The van der Waals surface area contributed by atoms with Gasteiger partial charge in [-0.25, -0.2) is 5.84 Å². The van der Waals surface area contributed by atoms with E-state index in [9.17, 15) is 0 Å². The Morgan fingerprint density at radius 2 is 1.67 bits per heavy atom. The fraction of sp³-hybridized carbons (Fsp3) is 0.800. The van der Waals surface area contributed by atoms with Crippen molar-refractivity contribution in [1.29, 1.82) is 0 Å². The summed E-state index contributed by atoms with van der Waals surface area (Å²) in [6.45, 7) is 8.89. The minimum absolute atomic E-state index is 0.921. The molecule has 0 aliphatic carbocycles. The molecule has 0 unspecified atom stereocenters. The lowest BCUT2D eigenvalue weighted by Crippen LogP contribution is -2.31. The molecular weight excluding hydrogens is 222 g/mol. The highest BCUT2D eigenvalue weighted by Crippen LogP contribution is 2.13. The minimum Gasteiger partial charge on any atom is -0.314 e. The lowest BCUT2D eigenvalue weighted by Gasteiger charge is -2.21. The van der Waals surface area contributed by atoms with Crippen molar-refractivity contribution in [2.45, 2.75) is 71.6 Å². The number of hydrogen-bond donors (Lipinski definition) is 1. The van der Waals surface area contributed by atoms with E-state index < -0.39 is 0 Å². The van der Waals surface area contributed by atoms with Gasteiger partial charge in [-0.2, -0.15) is 0 Å². The molecule has 0 saturated carbocycles. The summed E-state index contributed by atoms with van der Waals surface area (Å²) in [5.41, 5.74) is 1.12. The van der Waals surface area contributed by atoms with Crippen LogP contribution in [0.15, 0.2) is 16.9 Å². The van der Waals surface area contributed by atoms with Gasteiger partial charge in [0.1, 0.15) is 0 Å². The molecule has 0 saturated heterocycles. The van der Waals surface area contributed by atoms with Gasteiger partial charge in [-0.1, -0.05) is 52.4 Å². The van der Waals surface area contributed by atoms with E-state index in [0.717, 1.165) is 25.1 Å². The van der Waals surface area contributed by atoms with Gasteiger partial charge < -0.3 is 5.01 Å². The van der Waals surface area contributed by atoms with Crippen LogP contribution in [0.4, 0.5) is 0 Å². The predicted molar refractivity (Wildman–Crippen MR) is 81.4 cm³/mol. The summed E-state index contributed by atoms with van der Waals surface area (Å²) in [6, 6.07) is 0. The van der Waals surface area contributed by atoms with Crippen molar-refractivity contribution >= 4 is 6.72 Å². The van der Waals surface area contributed by atoms with Crippen LogP contribution in [-0.2, 0) is 0 Å². The fourth-order valence-electron chi connectivity index (χ4n) is 1.97. The number of hydrogen-bond acceptors (Lipinski definition) is 3. The van der Waals surface area contributed by atoms with Crippen LogP contribution in [-0.4, -0.2) is 18.3 Å². The Morgan fingerprint density at radius 3 is 2.28 bits per heavy atom. The SMILES string of the molecule is C=N/C=C(/CCCCCCC)N(N)CCCCC. The Bertz CT molecular complexity index is 224. The molecule has 0 aromatic heterocycles. The third kappa shape index (κ3) is 9.23. The summed E-state index contributed by atoms with van der Waals surface area (Å²) < 4.78 is 0. The van der Waals surface area contributed by atoms with Gasteiger partial charge in [0.2, 0.25) is 0 Å². The van der Waals surface area contributed by atoms with Crippen molar-refractivity contribution in [1.82, 2.24) is 5.01 Å². The van der Waals surface area contributed by atoms with E-state index in [4.69, 9.17) is 5.84 Å². The van der Waals surface area contributed by atoms with E-state index in [1.165, 1.54) is 44.9 Å². The Kier molecular flexibility index (Phi) is 12.0. The molecule has 0 amide bonds. The molecule has 0 fully saturated rings. The Balaban J connectivity index is 3.90. The molecule has 106 valence electrons. The molecule has 0 atom stereocenters. The van der Waals surface area contributed by atoms with Gasteiger partial charge in [0.05, 0.1) is 0 Å². The first kappa shape index (κ1) is 17.2. The molecule has 0 bridgehead atoms. The number of unbranched alkanes of at least 4 members (excludes halogenated alkanes) is 6. The standard InChI is InChI=1S/C15H31N3/c1-4-6-8-9-10-12-15(14-17-3)18(16)13-11-7-5-2/h14H,3-13,16H2,1-2H3/b15-14-. The average Bonchev–Trinajstić information content (AvgIpc) is 2.37. The van der Waals surface area contributed by atoms with Crippen LogP contribution >= 0.6 is 0 Å². The second kappa shape index (κ2) is 12.6. The smallest absolute Gasteiger partial charge is 0.0473 e. The highest BCUT2D eigenvalue weighted by molar-refractivity contribution is 5.26. The summed E-state index contributed by atoms with van der Waals surface area (Å²) in [5, 5.41) is 1.85. The molecule has 0 spiro atoms. The summed E-state index contributed by atoms with van der Waals surface area (Å²) in [5.74, 6) is 6.06. The lowest BCUT2D eigenvalue weighted by molar-refractivity contribution is 0.331. The van der Waals surface area contributed by atoms with Gasteiger partial charge >= 0.3 is 0 Å². The van der Waals surface area contributed by atoms with Crippen molar-refractivity contribution in [3.63, 3.8) is 0 Å². The molecule has 0 aliphatic heterocycles. The van der Waals surface area contributed by atoms with Crippen molar-refractivity contribution < 1.29 is 0 Å². The number of allylic oxidation sites excluding steroid dienone is 1. The van der Waals surface area contributed by atoms with Gasteiger partial charge in [-0.05, 0) is 26.0 Å². The molecule has 0 heterocycles. The molecule has 0 aromatic rings. The van der Waals surface area contributed by atoms with Crippen LogP contribution in [0.3, 0.4) is 0 Å². The van der Waals surface area contributed by atoms with Gasteiger partial charge in [-0.15, -0.1) is 0 Å². The number of nitrogens with two attached hydrogens (primary N) is 1. The van der Waals surface area contributed by atoms with Gasteiger partial charge in [-0.3, -0.25) is 4.99 Å². The topological polar surface area (TPSA) is 41.6 Å². The maximum absolute atomic E-state index is 6.06. The van der Waals surface area contributed by atoms with Crippen molar-refractivity contribution in [3.8, 4) is 0 Å². The monoisotopic (exact) mass is 253 g/mol. The zero-order valence-electron chi connectivity index (χ0n) is 12.3.